The molecule has 0 amide bonds. The molecule has 5 rings (SSSR count). The van der Waals surface area contributed by atoms with Crippen molar-refractivity contribution in [3.05, 3.63) is 54.3 Å². The van der Waals surface area contributed by atoms with E-state index in [1.54, 1.807) is 18.3 Å². The maximum atomic E-state index is 13.5. The van der Waals surface area contributed by atoms with E-state index in [1.165, 1.54) is 12.1 Å². The Labute approximate surface area is 181 Å². The van der Waals surface area contributed by atoms with Crippen molar-refractivity contribution in [3.8, 4) is 22.6 Å². The van der Waals surface area contributed by atoms with Crippen LogP contribution >= 0.6 is 0 Å². The second-order valence-electron chi connectivity index (χ2n) is 8.52. The molecule has 2 aromatic heterocycles. The quantitative estimate of drug-likeness (QED) is 0.613. The molecular weight excluding hydrogens is 395 g/mol. The van der Waals surface area contributed by atoms with Gasteiger partial charge >= 0.3 is 0 Å². The minimum Gasteiger partial charge on any atom is -0.437 e. The third-order valence-corrected chi connectivity index (χ3v) is 6.22. The van der Waals surface area contributed by atoms with E-state index in [4.69, 9.17) is 9.40 Å². The van der Waals surface area contributed by atoms with E-state index in [-0.39, 0.29) is 5.82 Å². The Hall–Kier alpha value is -2.77. The number of halogens is 1. The van der Waals surface area contributed by atoms with E-state index in [2.05, 4.69) is 22.1 Å². The number of pyridine rings is 1. The van der Waals surface area contributed by atoms with Crippen LogP contribution in [0.4, 0.5) is 10.2 Å². The Morgan fingerprint density at radius 2 is 1.90 bits per heavy atom. The summed E-state index contributed by atoms with van der Waals surface area (Å²) in [5, 5.41) is 14.7. The van der Waals surface area contributed by atoms with Gasteiger partial charge in [0, 0.05) is 36.5 Å². The van der Waals surface area contributed by atoms with Crippen LogP contribution in [0.15, 0.2) is 47.0 Å². The molecule has 1 aliphatic heterocycles. The van der Waals surface area contributed by atoms with E-state index in [9.17, 15) is 9.50 Å². The molecule has 0 bridgehead atoms. The predicted octanol–water partition coefficient (Wildman–Crippen LogP) is 4.42. The number of aromatic nitrogens is 2. The van der Waals surface area contributed by atoms with Gasteiger partial charge in [0.15, 0.2) is 5.76 Å². The lowest BCUT2D eigenvalue weighted by molar-refractivity contribution is -0.0447. The highest BCUT2D eigenvalue weighted by molar-refractivity contribution is 5.78. The highest BCUT2D eigenvalue weighted by atomic mass is 19.1. The number of likely N-dealkylation sites (tertiary alicyclic amines) is 1. The minimum absolute atomic E-state index is 0.306. The summed E-state index contributed by atoms with van der Waals surface area (Å²) in [5.41, 5.74) is 1.06. The lowest BCUT2D eigenvalue weighted by Gasteiger charge is -2.35. The molecule has 1 aromatic carbocycles. The second kappa shape index (κ2) is 8.05. The molecule has 3 aromatic rings. The monoisotopic (exact) mass is 422 g/mol. The fourth-order valence-electron chi connectivity index (χ4n) is 4.06. The van der Waals surface area contributed by atoms with Crippen molar-refractivity contribution in [1.29, 1.82) is 0 Å². The first-order valence-corrected chi connectivity index (χ1v) is 11.0. The van der Waals surface area contributed by atoms with Crippen LogP contribution < -0.4 is 5.32 Å². The van der Waals surface area contributed by atoms with E-state index in [0.717, 1.165) is 49.4 Å². The molecule has 0 radical (unpaired) electrons. The van der Waals surface area contributed by atoms with Crippen molar-refractivity contribution in [2.24, 2.45) is 0 Å². The summed E-state index contributed by atoms with van der Waals surface area (Å²) < 4.78 is 19.8. The lowest BCUT2D eigenvalue weighted by atomic mass is 9.91. The maximum absolute atomic E-state index is 13.5. The lowest BCUT2D eigenvalue weighted by Crippen LogP contribution is -2.42. The highest BCUT2D eigenvalue weighted by Gasteiger charge is 2.39. The van der Waals surface area contributed by atoms with E-state index in [0.29, 0.717) is 36.2 Å². The van der Waals surface area contributed by atoms with Crippen molar-refractivity contribution in [3.63, 3.8) is 0 Å². The van der Waals surface area contributed by atoms with Gasteiger partial charge in [-0.25, -0.2) is 14.4 Å². The number of hydrogen-bond donors (Lipinski definition) is 2. The van der Waals surface area contributed by atoms with Crippen molar-refractivity contribution in [2.45, 2.75) is 44.2 Å². The SMILES string of the molecule is CCN1CCC(O)(c2nc(-c3ccc(F)cc3)c(-c3ccnc(NC4CC4)c3)o2)CC1. The van der Waals surface area contributed by atoms with Gasteiger partial charge in [-0.2, -0.15) is 0 Å². The van der Waals surface area contributed by atoms with Crippen LogP contribution in [0.25, 0.3) is 22.6 Å². The van der Waals surface area contributed by atoms with Crippen molar-refractivity contribution in [2.75, 3.05) is 25.0 Å². The van der Waals surface area contributed by atoms with Gasteiger partial charge in [0.25, 0.3) is 0 Å². The molecule has 0 atom stereocenters. The van der Waals surface area contributed by atoms with Crippen LogP contribution in [-0.2, 0) is 5.60 Å². The number of nitrogens with zero attached hydrogens (tertiary/aromatic N) is 3. The number of nitrogens with one attached hydrogen (secondary N) is 1. The topological polar surface area (TPSA) is 74.4 Å². The van der Waals surface area contributed by atoms with Gasteiger partial charge in [0.2, 0.25) is 5.89 Å². The number of benzene rings is 1. The number of hydrogen-bond acceptors (Lipinski definition) is 6. The third-order valence-electron chi connectivity index (χ3n) is 6.22. The predicted molar refractivity (Wildman–Crippen MR) is 117 cm³/mol. The summed E-state index contributed by atoms with van der Waals surface area (Å²) in [6, 6.07) is 10.5. The number of anilines is 1. The van der Waals surface area contributed by atoms with Gasteiger partial charge in [-0.1, -0.05) is 6.92 Å². The Morgan fingerprint density at radius 1 is 1.16 bits per heavy atom. The molecule has 6 nitrogen and oxygen atoms in total. The molecule has 2 aliphatic rings. The molecule has 2 N–H and O–H groups in total. The molecule has 3 heterocycles. The normalized spacial score (nSPS) is 18.8. The average Bonchev–Trinajstić information content (AvgIpc) is 3.48. The van der Waals surface area contributed by atoms with Crippen LogP contribution in [0.5, 0.6) is 0 Å². The van der Waals surface area contributed by atoms with Gasteiger partial charge in [0.1, 0.15) is 22.9 Å². The second-order valence-corrected chi connectivity index (χ2v) is 8.52. The van der Waals surface area contributed by atoms with E-state index >= 15 is 0 Å². The van der Waals surface area contributed by atoms with Crippen LogP contribution in [0, 0.1) is 5.82 Å². The molecule has 31 heavy (non-hydrogen) atoms. The van der Waals surface area contributed by atoms with Gasteiger partial charge in [-0.15, -0.1) is 0 Å². The summed E-state index contributed by atoms with van der Waals surface area (Å²) in [5.74, 6) is 1.37. The first kappa shape index (κ1) is 20.2. The Morgan fingerprint density at radius 3 is 2.58 bits per heavy atom. The molecule has 1 saturated carbocycles. The van der Waals surface area contributed by atoms with Crippen LogP contribution in [0.1, 0.15) is 38.5 Å². The molecular formula is C24H27FN4O2. The summed E-state index contributed by atoms with van der Waals surface area (Å²) in [6.45, 7) is 4.67. The van der Waals surface area contributed by atoms with Gasteiger partial charge < -0.3 is 19.7 Å². The number of piperidine rings is 1. The van der Waals surface area contributed by atoms with E-state index < -0.39 is 5.60 Å². The number of aliphatic hydroxyl groups is 1. The number of oxazole rings is 1. The summed E-state index contributed by atoms with van der Waals surface area (Å²) in [6.07, 6.45) is 5.18. The number of rotatable bonds is 6. The zero-order valence-electron chi connectivity index (χ0n) is 17.6. The Balaban J connectivity index is 1.55. The Bertz CT molecular complexity index is 1050. The first-order chi connectivity index (χ1) is 15.0. The minimum atomic E-state index is -1.11. The van der Waals surface area contributed by atoms with Crippen LogP contribution in [-0.4, -0.2) is 45.7 Å². The summed E-state index contributed by atoms with van der Waals surface area (Å²) in [7, 11) is 0. The smallest absolute Gasteiger partial charge is 0.227 e. The van der Waals surface area contributed by atoms with Crippen LogP contribution in [0.2, 0.25) is 0 Å². The van der Waals surface area contributed by atoms with Gasteiger partial charge in [-0.3, -0.25) is 0 Å². The fourth-order valence-corrected chi connectivity index (χ4v) is 4.06. The summed E-state index contributed by atoms with van der Waals surface area (Å²) >= 11 is 0. The standard InChI is InChI=1S/C24H27FN4O2/c1-2-29-13-10-24(30,11-14-29)23-28-21(16-3-5-18(25)6-4-16)22(31-23)17-9-12-26-20(15-17)27-19-7-8-19/h3-6,9,12,15,19,30H,2,7-8,10-11,13-14H2,1H3,(H,26,27). The average molecular weight is 423 g/mol. The molecule has 0 spiro atoms. The fraction of sp³-hybridized carbons (Fsp3) is 0.417. The zero-order chi connectivity index (χ0) is 21.4. The molecule has 1 aliphatic carbocycles. The summed E-state index contributed by atoms with van der Waals surface area (Å²) in [4.78, 5) is 11.5. The van der Waals surface area contributed by atoms with Gasteiger partial charge in [0.05, 0.1) is 0 Å². The van der Waals surface area contributed by atoms with Gasteiger partial charge in [-0.05, 0) is 68.6 Å². The molecule has 1 saturated heterocycles. The largest absolute Gasteiger partial charge is 0.437 e. The molecule has 2 fully saturated rings. The third kappa shape index (κ3) is 4.20. The molecule has 7 heteroatoms. The van der Waals surface area contributed by atoms with Crippen molar-refractivity contribution in [1.82, 2.24) is 14.9 Å². The van der Waals surface area contributed by atoms with Crippen molar-refractivity contribution >= 4 is 5.82 Å². The highest BCUT2D eigenvalue weighted by Crippen LogP contribution is 2.40. The Kier molecular flexibility index (Phi) is 5.24. The van der Waals surface area contributed by atoms with Crippen LogP contribution in [0.3, 0.4) is 0 Å². The first-order valence-electron chi connectivity index (χ1n) is 11.0. The zero-order valence-corrected chi connectivity index (χ0v) is 17.6. The molecule has 162 valence electrons. The van der Waals surface area contributed by atoms with Crippen molar-refractivity contribution < 1.29 is 13.9 Å². The molecule has 0 unspecified atom stereocenters. The maximum Gasteiger partial charge on any atom is 0.227 e. The van der Waals surface area contributed by atoms with E-state index in [1.807, 2.05) is 12.1 Å².